The van der Waals surface area contributed by atoms with Crippen LogP contribution in [0.5, 0.6) is 0 Å². The molecule has 1 amide bonds. The topological polar surface area (TPSA) is 76.1 Å². The molecule has 0 unspecified atom stereocenters. The molecule has 0 saturated heterocycles. The average molecular weight is 322 g/mol. The third-order valence-corrected chi connectivity index (χ3v) is 2.90. The summed E-state index contributed by atoms with van der Waals surface area (Å²) in [5.41, 5.74) is -0.511. The van der Waals surface area contributed by atoms with Crippen LogP contribution in [0.25, 0.3) is 0 Å². The van der Waals surface area contributed by atoms with Gasteiger partial charge >= 0.3 is 0 Å². The molecule has 1 aromatic carbocycles. The number of amides is 1. The van der Waals surface area contributed by atoms with Gasteiger partial charge in [-0.05, 0) is 24.6 Å². The number of nitrogens with one attached hydrogen (secondary N) is 2. The molecule has 0 atom stereocenters. The first-order valence-corrected chi connectivity index (χ1v) is 6.93. The van der Waals surface area contributed by atoms with Crippen LogP contribution in [0.3, 0.4) is 0 Å². The number of aromatic nitrogens is 2. The summed E-state index contributed by atoms with van der Waals surface area (Å²) in [6.45, 7) is 1.15. The fraction of sp³-hybridized carbons (Fsp3) is 0.267. The summed E-state index contributed by atoms with van der Waals surface area (Å²) in [6, 6.07) is 4.68. The Morgan fingerprint density at radius 1 is 1.26 bits per heavy atom. The highest BCUT2D eigenvalue weighted by molar-refractivity contribution is 6.03. The summed E-state index contributed by atoms with van der Waals surface area (Å²) in [5.74, 6) is -2.19. The van der Waals surface area contributed by atoms with Gasteiger partial charge in [0.2, 0.25) is 5.95 Å². The Balaban J connectivity index is 2.05. The van der Waals surface area contributed by atoms with E-state index < -0.39 is 23.2 Å². The van der Waals surface area contributed by atoms with Crippen molar-refractivity contribution in [2.24, 2.45) is 0 Å². The fourth-order valence-electron chi connectivity index (χ4n) is 1.78. The van der Waals surface area contributed by atoms with Crippen LogP contribution >= 0.6 is 0 Å². The molecular formula is C15H16F2N4O2. The van der Waals surface area contributed by atoms with Crippen LogP contribution < -0.4 is 10.6 Å². The second-order valence-electron chi connectivity index (χ2n) is 4.59. The van der Waals surface area contributed by atoms with Crippen LogP contribution in [0.2, 0.25) is 0 Å². The Labute approximate surface area is 131 Å². The van der Waals surface area contributed by atoms with Crippen molar-refractivity contribution in [2.75, 3.05) is 30.9 Å². The van der Waals surface area contributed by atoms with Crippen molar-refractivity contribution in [1.29, 1.82) is 0 Å². The zero-order chi connectivity index (χ0) is 16.7. The summed E-state index contributed by atoms with van der Waals surface area (Å²) >= 11 is 0. The van der Waals surface area contributed by atoms with E-state index in [0.717, 1.165) is 18.6 Å². The second kappa shape index (κ2) is 8.14. The van der Waals surface area contributed by atoms with Gasteiger partial charge in [-0.15, -0.1) is 0 Å². The monoisotopic (exact) mass is 322 g/mol. The molecule has 1 heterocycles. The van der Waals surface area contributed by atoms with Gasteiger partial charge in [0.05, 0.1) is 0 Å². The summed E-state index contributed by atoms with van der Waals surface area (Å²) in [6.07, 6.45) is 2.13. The number of methoxy groups -OCH3 is 1. The Bertz CT molecular complexity index is 662. The highest BCUT2D eigenvalue weighted by Gasteiger charge is 2.14. The van der Waals surface area contributed by atoms with Gasteiger partial charge in [0.25, 0.3) is 5.91 Å². The smallest absolute Gasteiger partial charge is 0.274 e. The molecule has 6 nitrogen and oxygen atoms in total. The summed E-state index contributed by atoms with van der Waals surface area (Å²) in [7, 11) is 1.60. The van der Waals surface area contributed by atoms with Gasteiger partial charge in [-0.3, -0.25) is 4.79 Å². The van der Waals surface area contributed by atoms with E-state index in [1.807, 2.05) is 0 Å². The molecule has 0 fully saturated rings. The molecule has 1 aromatic heterocycles. The SMILES string of the molecule is COCCCNc1nccc(C(=O)Nc2c(F)cccc2F)n1. The minimum Gasteiger partial charge on any atom is -0.385 e. The number of benzene rings is 1. The second-order valence-corrected chi connectivity index (χ2v) is 4.59. The highest BCUT2D eigenvalue weighted by atomic mass is 19.1. The predicted molar refractivity (Wildman–Crippen MR) is 81.3 cm³/mol. The van der Waals surface area contributed by atoms with Gasteiger partial charge in [0, 0.05) is 26.5 Å². The molecule has 0 bridgehead atoms. The van der Waals surface area contributed by atoms with E-state index in [1.54, 1.807) is 7.11 Å². The van der Waals surface area contributed by atoms with Crippen molar-refractivity contribution in [3.63, 3.8) is 0 Å². The molecule has 0 spiro atoms. The van der Waals surface area contributed by atoms with Crippen LogP contribution in [-0.2, 0) is 4.74 Å². The van der Waals surface area contributed by atoms with E-state index in [0.29, 0.717) is 13.2 Å². The van der Waals surface area contributed by atoms with Gasteiger partial charge in [0.1, 0.15) is 23.0 Å². The largest absolute Gasteiger partial charge is 0.385 e. The molecule has 0 aliphatic heterocycles. The Morgan fingerprint density at radius 2 is 2.00 bits per heavy atom. The number of hydrogen-bond donors (Lipinski definition) is 2. The zero-order valence-corrected chi connectivity index (χ0v) is 12.5. The minimum atomic E-state index is -0.856. The van der Waals surface area contributed by atoms with Crippen molar-refractivity contribution < 1.29 is 18.3 Å². The first-order valence-electron chi connectivity index (χ1n) is 6.93. The molecule has 0 saturated carbocycles. The normalized spacial score (nSPS) is 10.4. The number of carbonyl (C=O) groups is 1. The molecule has 8 heteroatoms. The first-order chi connectivity index (χ1) is 11.1. The van der Waals surface area contributed by atoms with Crippen molar-refractivity contribution in [3.8, 4) is 0 Å². The maximum absolute atomic E-state index is 13.5. The fourth-order valence-corrected chi connectivity index (χ4v) is 1.78. The third kappa shape index (κ3) is 4.68. The predicted octanol–water partition coefficient (Wildman–Crippen LogP) is 2.46. The molecule has 0 aliphatic rings. The molecule has 23 heavy (non-hydrogen) atoms. The maximum atomic E-state index is 13.5. The van der Waals surface area contributed by atoms with Crippen molar-refractivity contribution in [1.82, 2.24) is 9.97 Å². The zero-order valence-electron chi connectivity index (χ0n) is 12.5. The molecule has 2 rings (SSSR count). The van der Waals surface area contributed by atoms with E-state index in [2.05, 4.69) is 20.6 Å². The van der Waals surface area contributed by atoms with Crippen LogP contribution in [0.15, 0.2) is 30.5 Å². The number of nitrogens with zero attached hydrogens (tertiary/aromatic N) is 2. The van der Waals surface area contributed by atoms with Gasteiger partial charge in [0.15, 0.2) is 0 Å². The maximum Gasteiger partial charge on any atom is 0.274 e. The standard InChI is InChI=1S/C15H16F2N4O2/c1-23-9-3-7-18-15-19-8-6-12(20-15)14(22)21-13-10(16)4-2-5-11(13)17/h2,4-6,8H,3,7,9H2,1H3,(H,21,22)(H,18,19,20). The number of para-hydroxylation sites is 1. The number of ether oxygens (including phenoxy) is 1. The van der Waals surface area contributed by atoms with Crippen LogP contribution in [0.1, 0.15) is 16.9 Å². The summed E-state index contributed by atoms with van der Waals surface area (Å²) < 4.78 is 32.0. The molecule has 2 aromatic rings. The number of carbonyl (C=O) groups excluding carboxylic acids is 1. The van der Waals surface area contributed by atoms with Gasteiger partial charge in [-0.2, -0.15) is 0 Å². The van der Waals surface area contributed by atoms with Crippen LogP contribution in [-0.4, -0.2) is 36.1 Å². The average Bonchev–Trinajstić information content (AvgIpc) is 2.55. The van der Waals surface area contributed by atoms with Crippen molar-refractivity contribution in [2.45, 2.75) is 6.42 Å². The summed E-state index contributed by atoms with van der Waals surface area (Å²) in [4.78, 5) is 20.0. The number of rotatable bonds is 7. The molecule has 0 radical (unpaired) electrons. The van der Waals surface area contributed by atoms with E-state index >= 15 is 0 Å². The first kappa shape index (κ1) is 16.8. The lowest BCUT2D eigenvalue weighted by Gasteiger charge is -2.08. The Morgan fingerprint density at radius 3 is 2.70 bits per heavy atom. The Hall–Kier alpha value is -2.61. The molecule has 2 N–H and O–H groups in total. The Kier molecular flexibility index (Phi) is 5.93. The highest BCUT2D eigenvalue weighted by Crippen LogP contribution is 2.18. The third-order valence-electron chi connectivity index (χ3n) is 2.90. The van der Waals surface area contributed by atoms with Gasteiger partial charge in [-0.25, -0.2) is 18.7 Å². The van der Waals surface area contributed by atoms with Crippen LogP contribution in [0, 0.1) is 11.6 Å². The summed E-state index contributed by atoms with van der Waals surface area (Å²) in [5, 5.41) is 5.10. The van der Waals surface area contributed by atoms with Crippen molar-refractivity contribution >= 4 is 17.5 Å². The van der Waals surface area contributed by atoms with Crippen LogP contribution in [0.4, 0.5) is 20.4 Å². The number of anilines is 2. The van der Waals surface area contributed by atoms with Gasteiger partial charge in [-0.1, -0.05) is 6.07 Å². The lowest BCUT2D eigenvalue weighted by molar-refractivity contribution is 0.102. The lowest BCUT2D eigenvalue weighted by Crippen LogP contribution is -2.17. The molecule has 0 aliphatic carbocycles. The van der Waals surface area contributed by atoms with E-state index in [9.17, 15) is 13.6 Å². The molecule has 122 valence electrons. The quantitative estimate of drug-likeness (QED) is 0.766. The minimum absolute atomic E-state index is 0.00288. The van der Waals surface area contributed by atoms with E-state index in [-0.39, 0.29) is 11.6 Å². The van der Waals surface area contributed by atoms with E-state index in [1.165, 1.54) is 18.3 Å². The number of halogens is 2. The van der Waals surface area contributed by atoms with Crippen molar-refractivity contribution in [3.05, 3.63) is 47.8 Å². The lowest BCUT2D eigenvalue weighted by atomic mass is 10.2. The molecular weight excluding hydrogens is 306 g/mol. The van der Waals surface area contributed by atoms with E-state index in [4.69, 9.17) is 4.74 Å². The van der Waals surface area contributed by atoms with Gasteiger partial charge < -0.3 is 15.4 Å². The number of hydrogen-bond acceptors (Lipinski definition) is 5.